The van der Waals surface area contributed by atoms with Crippen molar-refractivity contribution in [1.29, 1.82) is 0 Å². The molecule has 28 heavy (non-hydrogen) atoms. The van der Waals surface area contributed by atoms with Gasteiger partial charge in [-0.25, -0.2) is 0 Å². The minimum Gasteiger partial charge on any atom is -0.507 e. The van der Waals surface area contributed by atoms with Crippen molar-refractivity contribution >= 4 is 17.3 Å². The van der Waals surface area contributed by atoms with Gasteiger partial charge < -0.3 is 9.84 Å². The minimum atomic E-state index is 0.194. The SMILES string of the molecule is CCCCCCCCCCCCCCCCCCOC(=S)c1ccccc1O. The maximum Gasteiger partial charge on any atom is 0.194 e. The van der Waals surface area contributed by atoms with Gasteiger partial charge >= 0.3 is 0 Å². The maximum absolute atomic E-state index is 9.76. The molecule has 0 aromatic heterocycles. The van der Waals surface area contributed by atoms with E-state index in [1.54, 1.807) is 18.2 Å². The zero-order valence-electron chi connectivity index (χ0n) is 18.1. The van der Waals surface area contributed by atoms with Crippen LogP contribution < -0.4 is 0 Å². The van der Waals surface area contributed by atoms with Crippen molar-refractivity contribution in [2.24, 2.45) is 0 Å². The molecule has 0 bridgehead atoms. The lowest BCUT2D eigenvalue weighted by Gasteiger charge is -2.08. The van der Waals surface area contributed by atoms with Gasteiger partial charge in [-0.1, -0.05) is 115 Å². The zero-order valence-corrected chi connectivity index (χ0v) is 18.9. The van der Waals surface area contributed by atoms with Gasteiger partial charge in [-0.15, -0.1) is 0 Å². The Morgan fingerprint density at radius 1 is 0.714 bits per heavy atom. The number of para-hydroxylation sites is 1. The number of ether oxygens (including phenoxy) is 1. The van der Waals surface area contributed by atoms with Crippen LogP contribution in [0.25, 0.3) is 0 Å². The minimum absolute atomic E-state index is 0.194. The fraction of sp³-hybridized carbons (Fsp3) is 0.720. The Labute approximate surface area is 179 Å². The number of phenols is 1. The molecule has 0 saturated heterocycles. The lowest BCUT2D eigenvalue weighted by molar-refractivity contribution is 0.299. The molecule has 0 aliphatic rings. The summed E-state index contributed by atoms with van der Waals surface area (Å²) in [6.07, 6.45) is 21.8. The van der Waals surface area contributed by atoms with E-state index < -0.39 is 0 Å². The Hall–Kier alpha value is -1.09. The molecule has 3 heteroatoms. The molecule has 0 radical (unpaired) electrons. The maximum atomic E-state index is 9.76. The zero-order chi connectivity index (χ0) is 20.3. The third-order valence-electron chi connectivity index (χ3n) is 5.36. The Bertz CT molecular complexity index is 501. The Balaban J connectivity index is 1.80. The van der Waals surface area contributed by atoms with E-state index in [0.29, 0.717) is 17.2 Å². The standard InChI is InChI=1S/C25H42O2S/c1-2-3-4-5-6-7-8-9-10-11-12-13-14-15-16-19-22-27-25(28)23-20-17-18-21-24(23)26/h17-18,20-21,26H,2-16,19,22H2,1H3. The molecule has 0 amide bonds. The predicted octanol–water partition coefficient (Wildman–Crippen LogP) is 8.35. The van der Waals surface area contributed by atoms with Gasteiger partial charge in [0.1, 0.15) is 5.75 Å². The van der Waals surface area contributed by atoms with Crippen LogP contribution in [0.2, 0.25) is 0 Å². The molecule has 0 unspecified atom stereocenters. The van der Waals surface area contributed by atoms with E-state index in [2.05, 4.69) is 6.92 Å². The van der Waals surface area contributed by atoms with Crippen molar-refractivity contribution in [2.75, 3.05) is 6.61 Å². The van der Waals surface area contributed by atoms with Crippen molar-refractivity contribution in [3.05, 3.63) is 29.8 Å². The first-order chi connectivity index (χ1) is 13.8. The monoisotopic (exact) mass is 406 g/mol. The van der Waals surface area contributed by atoms with Crippen LogP contribution in [0.1, 0.15) is 115 Å². The number of rotatable bonds is 18. The van der Waals surface area contributed by atoms with Gasteiger partial charge in [0.2, 0.25) is 0 Å². The first-order valence-corrected chi connectivity index (χ1v) is 12.1. The number of aromatic hydroxyl groups is 1. The molecule has 0 aliphatic heterocycles. The van der Waals surface area contributed by atoms with Gasteiger partial charge in [-0.2, -0.15) is 0 Å². The smallest absolute Gasteiger partial charge is 0.194 e. The van der Waals surface area contributed by atoms with Gasteiger partial charge in [0, 0.05) is 0 Å². The number of phenolic OH excluding ortho intramolecular Hbond substituents is 1. The molecule has 2 nitrogen and oxygen atoms in total. The topological polar surface area (TPSA) is 29.5 Å². The van der Waals surface area contributed by atoms with Crippen molar-refractivity contribution in [1.82, 2.24) is 0 Å². The van der Waals surface area contributed by atoms with Crippen molar-refractivity contribution < 1.29 is 9.84 Å². The fourth-order valence-electron chi connectivity index (χ4n) is 3.54. The highest BCUT2D eigenvalue weighted by molar-refractivity contribution is 7.80. The summed E-state index contributed by atoms with van der Waals surface area (Å²) < 4.78 is 5.60. The van der Waals surface area contributed by atoms with E-state index in [9.17, 15) is 5.11 Å². The summed E-state index contributed by atoms with van der Waals surface area (Å²) in [5.41, 5.74) is 0.619. The van der Waals surface area contributed by atoms with Crippen molar-refractivity contribution in [2.45, 2.75) is 110 Å². The molecule has 160 valence electrons. The van der Waals surface area contributed by atoms with Crippen molar-refractivity contribution in [3.63, 3.8) is 0 Å². The highest BCUT2D eigenvalue weighted by Crippen LogP contribution is 2.18. The average Bonchev–Trinajstić information content (AvgIpc) is 2.70. The Kier molecular flexibility index (Phi) is 16.0. The molecule has 1 N–H and O–H groups in total. The Morgan fingerprint density at radius 3 is 1.61 bits per heavy atom. The van der Waals surface area contributed by atoms with Crippen LogP contribution in [-0.2, 0) is 4.74 Å². The summed E-state index contributed by atoms with van der Waals surface area (Å²) in [6.45, 7) is 2.93. The molecule has 0 atom stereocenters. The van der Waals surface area contributed by atoms with Gasteiger partial charge in [0.15, 0.2) is 5.05 Å². The van der Waals surface area contributed by atoms with E-state index in [1.165, 1.54) is 96.3 Å². The second kappa shape index (κ2) is 18.0. The third-order valence-corrected chi connectivity index (χ3v) is 5.69. The Morgan fingerprint density at radius 2 is 1.14 bits per heavy atom. The third kappa shape index (κ3) is 13.1. The predicted molar refractivity (Wildman–Crippen MR) is 125 cm³/mol. The number of hydrogen-bond donors (Lipinski definition) is 1. The number of benzene rings is 1. The van der Waals surface area contributed by atoms with Crippen LogP contribution in [-0.4, -0.2) is 16.8 Å². The fourth-order valence-corrected chi connectivity index (χ4v) is 3.79. The van der Waals surface area contributed by atoms with E-state index in [4.69, 9.17) is 17.0 Å². The molecule has 1 rings (SSSR count). The first kappa shape index (κ1) is 24.9. The van der Waals surface area contributed by atoms with E-state index >= 15 is 0 Å². The average molecular weight is 407 g/mol. The summed E-state index contributed by atoms with van der Waals surface area (Å²) in [6, 6.07) is 7.08. The highest BCUT2D eigenvalue weighted by atomic mass is 32.1. The molecule has 0 spiro atoms. The van der Waals surface area contributed by atoms with Crippen LogP contribution in [0, 0.1) is 0 Å². The molecule has 0 fully saturated rings. The molecular formula is C25H42O2S. The normalized spacial score (nSPS) is 10.9. The van der Waals surface area contributed by atoms with Gasteiger partial charge in [-0.05, 0) is 30.8 Å². The van der Waals surface area contributed by atoms with E-state index in [-0.39, 0.29) is 5.75 Å². The van der Waals surface area contributed by atoms with Crippen molar-refractivity contribution in [3.8, 4) is 5.75 Å². The summed E-state index contributed by atoms with van der Waals surface area (Å²) in [7, 11) is 0. The molecular weight excluding hydrogens is 364 g/mol. The number of thiocarbonyl (C=S) groups is 1. The van der Waals surface area contributed by atoms with Gasteiger partial charge in [0.05, 0.1) is 12.2 Å². The molecule has 1 aromatic rings. The van der Waals surface area contributed by atoms with Crippen LogP contribution in [0.4, 0.5) is 0 Å². The second-order valence-corrected chi connectivity index (χ2v) is 8.33. The van der Waals surface area contributed by atoms with Crippen LogP contribution in [0.3, 0.4) is 0 Å². The second-order valence-electron chi connectivity index (χ2n) is 7.96. The van der Waals surface area contributed by atoms with Gasteiger partial charge in [0.25, 0.3) is 0 Å². The van der Waals surface area contributed by atoms with Crippen LogP contribution in [0.15, 0.2) is 24.3 Å². The highest BCUT2D eigenvalue weighted by Gasteiger charge is 2.06. The summed E-state index contributed by atoms with van der Waals surface area (Å²) in [5, 5.41) is 10.2. The number of hydrogen-bond acceptors (Lipinski definition) is 3. The van der Waals surface area contributed by atoms with Crippen LogP contribution >= 0.6 is 12.2 Å². The molecule has 0 heterocycles. The quantitative estimate of drug-likeness (QED) is 0.196. The van der Waals surface area contributed by atoms with Crippen LogP contribution in [0.5, 0.6) is 5.75 Å². The summed E-state index contributed by atoms with van der Waals surface area (Å²) in [4.78, 5) is 0. The van der Waals surface area contributed by atoms with E-state index in [0.717, 1.165) is 6.42 Å². The number of unbranched alkanes of at least 4 members (excludes halogenated alkanes) is 15. The van der Waals surface area contributed by atoms with Gasteiger partial charge in [-0.3, -0.25) is 0 Å². The molecule has 0 aliphatic carbocycles. The van der Waals surface area contributed by atoms with E-state index in [1.807, 2.05) is 6.07 Å². The molecule has 0 saturated carbocycles. The lowest BCUT2D eigenvalue weighted by atomic mass is 10.0. The summed E-state index contributed by atoms with van der Waals surface area (Å²) in [5.74, 6) is 0.194. The molecule has 1 aromatic carbocycles. The first-order valence-electron chi connectivity index (χ1n) is 11.7. The lowest BCUT2D eigenvalue weighted by Crippen LogP contribution is -2.05. The largest absolute Gasteiger partial charge is 0.507 e. The summed E-state index contributed by atoms with van der Waals surface area (Å²) >= 11 is 5.24.